The molecule has 0 radical (unpaired) electrons. The Morgan fingerprint density at radius 3 is 2.38 bits per heavy atom. The van der Waals surface area contributed by atoms with Crippen LogP contribution >= 0.6 is 23.2 Å². The number of carbonyl (C=O) groups excluding carboxylic acids is 2. The predicted molar refractivity (Wildman–Crippen MR) is 123 cm³/mol. The van der Waals surface area contributed by atoms with Crippen molar-refractivity contribution in [1.29, 1.82) is 0 Å². The van der Waals surface area contributed by atoms with Crippen LogP contribution in [0.2, 0.25) is 10.4 Å². The molecule has 1 saturated heterocycles. The minimum atomic E-state index is -0.795. The van der Waals surface area contributed by atoms with Crippen LogP contribution in [0.5, 0.6) is 0 Å². The molecule has 0 bridgehead atoms. The highest BCUT2D eigenvalue weighted by molar-refractivity contribution is 6.33. The fraction of sp³-hybridized carbons (Fsp3) is 0.600. The molecule has 186 valence electrons. The third kappa shape index (κ3) is 6.90. The third-order valence-electron chi connectivity index (χ3n) is 4.45. The zero-order valence-electron chi connectivity index (χ0n) is 19.7. The second-order valence-electron chi connectivity index (χ2n) is 6.84. The number of nitrogens with zero attached hydrogens (tertiary/aromatic N) is 7. The van der Waals surface area contributed by atoms with Crippen LogP contribution in [0, 0.1) is 0 Å². The lowest BCUT2D eigenvalue weighted by Crippen LogP contribution is -2.37. The van der Waals surface area contributed by atoms with E-state index in [0.29, 0.717) is 29.6 Å². The first-order valence-electron chi connectivity index (χ1n) is 10.7. The summed E-state index contributed by atoms with van der Waals surface area (Å²) in [5.74, 6) is -0.675. The number of hydrogen-bond acceptors (Lipinski definition) is 11. The summed E-state index contributed by atoms with van der Waals surface area (Å²) in [5, 5.41) is 12.4. The number of halogens is 2. The Bertz CT molecular complexity index is 1030. The van der Waals surface area contributed by atoms with Crippen LogP contribution in [0.1, 0.15) is 59.2 Å². The van der Waals surface area contributed by atoms with Crippen LogP contribution < -0.4 is 0 Å². The number of esters is 2. The van der Waals surface area contributed by atoms with Crippen molar-refractivity contribution in [3.63, 3.8) is 0 Å². The Labute approximate surface area is 207 Å². The summed E-state index contributed by atoms with van der Waals surface area (Å²) in [6, 6.07) is 0. The smallest absolute Gasteiger partial charge is 0.303 e. The molecule has 12 nitrogen and oxygen atoms in total. The first-order valence-corrected chi connectivity index (χ1v) is 11.5. The number of aryl methyl sites for hydroxylation is 1. The number of ether oxygens (including phenoxy) is 3. The molecule has 0 N–H and O–H groups in total. The number of rotatable bonds is 4. The van der Waals surface area contributed by atoms with Crippen molar-refractivity contribution >= 4 is 47.0 Å². The first-order chi connectivity index (χ1) is 16.2. The molecule has 2 unspecified atom stereocenters. The maximum absolute atomic E-state index is 11.3. The van der Waals surface area contributed by atoms with E-state index in [1.165, 1.54) is 18.6 Å². The SMILES string of the molecule is CC.CCn1nnc([C@H]2O[C@@H](C)C(OC(C)=O)C2OC(C)=O)n1.Clc1nc(Cl)c2c(n1)CC=N2. The lowest BCUT2D eigenvalue weighted by atomic mass is 10.1. The zero-order valence-corrected chi connectivity index (χ0v) is 21.2. The molecule has 2 aromatic heterocycles. The quantitative estimate of drug-likeness (QED) is 0.338. The van der Waals surface area contributed by atoms with Crippen molar-refractivity contribution in [2.75, 3.05) is 0 Å². The van der Waals surface area contributed by atoms with Gasteiger partial charge in [0.25, 0.3) is 0 Å². The minimum Gasteiger partial charge on any atom is -0.456 e. The lowest BCUT2D eigenvalue weighted by Gasteiger charge is -2.21. The number of tetrazole rings is 1. The molecular formula is C20H27Cl2N7O5. The fourth-order valence-corrected chi connectivity index (χ4v) is 3.62. The van der Waals surface area contributed by atoms with Crippen LogP contribution in [-0.2, 0) is 36.8 Å². The van der Waals surface area contributed by atoms with Crippen LogP contribution in [0.25, 0.3) is 0 Å². The molecule has 0 amide bonds. The van der Waals surface area contributed by atoms with E-state index in [1.54, 1.807) is 13.1 Å². The van der Waals surface area contributed by atoms with E-state index in [-0.39, 0.29) is 5.28 Å². The van der Waals surface area contributed by atoms with Crippen LogP contribution in [-0.4, -0.2) is 66.6 Å². The molecule has 2 aliphatic heterocycles. The van der Waals surface area contributed by atoms with E-state index >= 15 is 0 Å². The second kappa shape index (κ2) is 12.7. The van der Waals surface area contributed by atoms with Gasteiger partial charge in [0, 0.05) is 26.5 Å². The Morgan fingerprint density at radius 2 is 1.79 bits per heavy atom. The van der Waals surface area contributed by atoms with Crippen LogP contribution in [0.4, 0.5) is 5.69 Å². The van der Waals surface area contributed by atoms with Crippen molar-refractivity contribution in [1.82, 2.24) is 30.2 Å². The van der Waals surface area contributed by atoms with Gasteiger partial charge in [-0.3, -0.25) is 14.6 Å². The monoisotopic (exact) mass is 515 g/mol. The molecule has 34 heavy (non-hydrogen) atoms. The predicted octanol–water partition coefficient (Wildman–Crippen LogP) is 3.08. The molecule has 14 heteroatoms. The van der Waals surface area contributed by atoms with Gasteiger partial charge in [0.15, 0.2) is 23.5 Å². The van der Waals surface area contributed by atoms with Crippen LogP contribution in [0.15, 0.2) is 4.99 Å². The highest BCUT2D eigenvalue weighted by Crippen LogP contribution is 2.35. The van der Waals surface area contributed by atoms with Gasteiger partial charge >= 0.3 is 11.9 Å². The number of aliphatic imine (C=N–C) groups is 1. The van der Waals surface area contributed by atoms with Gasteiger partial charge in [0.05, 0.1) is 18.3 Å². The van der Waals surface area contributed by atoms with Gasteiger partial charge in [0.1, 0.15) is 5.69 Å². The maximum Gasteiger partial charge on any atom is 0.303 e. The van der Waals surface area contributed by atoms with E-state index < -0.39 is 36.4 Å². The molecule has 1 fully saturated rings. The summed E-state index contributed by atoms with van der Waals surface area (Å²) in [5.41, 5.74) is 1.45. The molecule has 2 aromatic rings. The third-order valence-corrected chi connectivity index (χ3v) is 4.88. The molecule has 4 rings (SSSR count). The average molecular weight is 516 g/mol. The molecule has 0 spiro atoms. The molecule has 2 aliphatic rings. The van der Waals surface area contributed by atoms with Gasteiger partial charge in [-0.15, -0.1) is 10.2 Å². The molecule has 4 atom stereocenters. The molecule has 0 aliphatic carbocycles. The van der Waals surface area contributed by atoms with Crippen molar-refractivity contribution in [2.45, 2.75) is 78.9 Å². The Hall–Kier alpha value is -2.70. The fourth-order valence-electron chi connectivity index (χ4n) is 3.15. The topological polar surface area (TPSA) is 144 Å². The number of aromatic nitrogens is 6. The summed E-state index contributed by atoms with van der Waals surface area (Å²) >= 11 is 11.3. The molecule has 0 saturated carbocycles. The molecular weight excluding hydrogens is 489 g/mol. The van der Waals surface area contributed by atoms with E-state index in [4.69, 9.17) is 37.4 Å². The van der Waals surface area contributed by atoms with Crippen molar-refractivity contribution in [3.05, 3.63) is 22.0 Å². The Morgan fingerprint density at radius 1 is 1.15 bits per heavy atom. The number of carbonyl (C=O) groups is 2. The summed E-state index contributed by atoms with van der Waals surface area (Å²) in [6.07, 6.45) is -0.231. The van der Waals surface area contributed by atoms with E-state index in [0.717, 1.165) is 5.69 Å². The maximum atomic E-state index is 11.3. The van der Waals surface area contributed by atoms with E-state index in [9.17, 15) is 9.59 Å². The highest BCUT2D eigenvalue weighted by Gasteiger charge is 2.49. The Balaban J connectivity index is 0.000000262. The normalized spacial score (nSPS) is 22.1. The molecule has 4 heterocycles. The van der Waals surface area contributed by atoms with E-state index in [1.807, 2.05) is 20.8 Å². The largest absolute Gasteiger partial charge is 0.456 e. The van der Waals surface area contributed by atoms with E-state index in [2.05, 4.69) is 30.4 Å². The Kier molecular flexibility index (Phi) is 10.3. The van der Waals surface area contributed by atoms with Crippen molar-refractivity contribution in [2.24, 2.45) is 4.99 Å². The highest BCUT2D eigenvalue weighted by atomic mass is 35.5. The van der Waals surface area contributed by atoms with Crippen molar-refractivity contribution in [3.8, 4) is 0 Å². The van der Waals surface area contributed by atoms with Gasteiger partial charge in [0.2, 0.25) is 11.1 Å². The second-order valence-corrected chi connectivity index (χ2v) is 7.54. The number of fused-ring (bicyclic) bond motifs is 1. The lowest BCUT2D eigenvalue weighted by molar-refractivity contribution is -0.164. The summed E-state index contributed by atoms with van der Waals surface area (Å²) < 4.78 is 16.1. The summed E-state index contributed by atoms with van der Waals surface area (Å²) in [7, 11) is 0. The summed E-state index contributed by atoms with van der Waals surface area (Å²) in [6.45, 7) is 10.7. The minimum absolute atomic E-state index is 0.180. The summed E-state index contributed by atoms with van der Waals surface area (Å²) in [4.78, 5) is 35.6. The molecule has 0 aromatic carbocycles. The number of hydrogen-bond donors (Lipinski definition) is 0. The van der Waals surface area contributed by atoms with Gasteiger partial charge < -0.3 is 14.2 Å². The van der Waals surface area contributed by atoms with Gasteiger partial charge in [-0.05, 0) is 30.7 Å². The van der Waals surface area contributed by atoms with Crippen molar-refractivity contribution < 1.29 is 23.8 Å². The van der Waals surface area contributed by atoms with Crippen LogP contribution in [0.3, 0.4) is 0 Å². The van der Waals surface area contributed by atoms with Gasteiger partial charge in [-0.1, -0.05) is 25.4 Å². The van der Waals surface area contributed by atoms with Gasteiger partial charge in [-0.25, -0.2) is 9.97 Å². The first kappa shape index (κ1) is 27.5. The standard InChI is InChI=1S/C12H18N4O5.C6H3Cl2N3.C2H6/c1-5-16-14-12(13-15-16)11-10(21-8(4)18)9(6(2)19-11)20-7(3)17;7-5-4-3(1-2-9-4)10-6(8)11-5;1-2/h6,9-11H,5H2,1-4H3;2H,1H2;1-2H3/t6-,9?,10?,11-;;/m0../s1. The van der Waals surface area contributed by atoms with Gasteiger partial charge in [-0.2, -0.15) is 4.80 Å². The average Bonchev–Trinajstić information content (AvgIpc) is 3.50. The zero-order chi connectivity index (χ0) is 25.4.